The molecule has 3 atom stereocenters. The molecule has 0 bridgehead atoms. The summed E-state index contributed by atoms with van der Waals surface area (Å²) in [5, 5.41) is 2.19. The first-order valence-corrected chi connectivity index (χ1v) is 9.33. The molecular formula is C19H18N2O3S. The number of aromatic amines is 1. The lowest BCUT2D eigenvalue weighted by Gasteiger charge is -2.22. The molecule has 1 aliphatic heterocycles. The molecule has 1 aromatic heterocycles. The van der Waals surface area contributed by atoms with E-state index in [2.05, 4.69) is 11.1 Å². The first-order chi connectivity index (χ1) is 12.1. The minimum atomic E-state index is -1.28. The number of imidazole rings is 1. The van der Waals surface area contributed by atoms with Crippen LogP contribution in [0, 0.1) is 0 Å². The van der Waals surface area contributed by atoms with Crippen molar-refractivity contribution < 1.29 is 8.95 Å². The Hall–Kier alpha value is -2.44. The van der Waals surface area contributed by atoms with E-state index in [4.69, 9.17) is 4.74 Å². The summed E-state index contributed by atoms with van der Waals surface area (Å²) < 4.78 is 20.3. The summed E-state index contributed by atoms with van der Waals surface area (Å²) >= 11 is 0. The van der Waals surface area contributed by atoms with Gasteiger partial charge in [0, 0.05) is 17.3 Å². The van der Waals surface area contributed by atoms with Crippen LogP contribution in [-0.4, -0.2) is 25.8 Å². The molecule has 0 saturated heterocycles. The third kappa shape index (κ3) is 2.99. The molecule has 4 rings (SSSR count). The molecule has 25 heavy (non-hydrogen) atoms. The number of fused-ring (bicyclic) bond motifs is 2. The molecule has 128 valence electrons. The molecular weight excluding hydrogens is 336 g/mol. The van der Waals surface area contributed by atoms with E-state index in [1.165, 1.54) is 0 Å². The van der Waals surface area contributed by atoms with Crippen LogP contribution in [-0.2, 0) is 15.5 Å². The highest BCUT2D eigenvalue weighted by Gasteiger charge is 2.24. The minimum absolute atomic E-state index is 0.137. The van der Waals surface area contributed by atoms with Gasteiger partial charge in [-0.05, 0) is 41.5 Å². The van der Waals surface area contributed by atoms with Crippen molar-refractivity contribution in [2.75, 3.05) is 6.61 Å². The Labute approximate surface area is 147 Å². The molecule has 3 aromatic rings. The van der Waals surface area contributed by atoms with Gasteiger partial charge in [0.2, 0.25) is 0 Å². The summed E-state index contributed by atoms with van der Waals surface area (Å²) in [5.41, 5.74) is 0.283. The smallest absolute Gasteiger partial charge is 0.325 e. The number of aromatic nitrogens is 2. The van der Waals surface area contributed by atoms with E-state index in [1.54, 1.807) is 17.0 Å². The topological polar surface area (TPSA) is 64.1 Å². The van der Waals surface area contributed by atoms with E-state index in [0.29, 0.717) is 6.61 Å². The summed E-state index contributed by atoms with van der Waals surface area (Å²) in [6, 6.07) is 11.9. The van der Waals surface area contributed by atoms with Crippen molar-refractivity contribution in [1.29, 1.82) is 0 Å². The quantitative estimate of drug-likeness (QED) is 0.783. The standard InChI is InChI=1S/C19H18N2O3S/c1-13(21-9-8-20-19(21)22)12-24-18-7-6-16-10-14-4-2-3-5-15(14)11-17(16)25(18)23/h2-11,13,18H,12H2,1H3,(H,20,22). The predicted octanol–water partition coefficient (Wildman–Crippen LogP) is 3.07. The second-order valence-corrected chi connectivity index (χ2v) is 7.62. The lowest BCUT2D eigenvalue weighted by Crippen LogP contribution is -2.27. The number of nitrogens with zero attached hydrogens (tertiary/aromatic N) is 1. The predicted molar refractivity (Wildman–Crippen MR) is 98.9 cm³/mol. The van der Waals surface area contributed by atoms with Crippen molar-refractivity contribution in [2.24, 2.45) is 0 Å². The van der Waals surface area contributed by atoms with Crippen LogP contribution in [0.15, 0.2) is 64.6 Å². The number of H-pyrrole nitrogens is 1. The number of nitrogens with one attached hydrogen (secondary N) is 1. The Morgan fingerprint density at radius 2 is 2.04 bits per heavy atom. The number of hydrogen-bond acceptors (Lipinski definition) is 3. The Morgan fingerprint density at radius 1 is 1.28 bits per heavy atom. The lowest BCUT2D eigenvalue weighted by atomic mass is 10.1. The molecule has 3 unspecified atom stereocenters. The average Bonchev–Trinajstić information content (AvgIpc) is 3.06. The Balaban J connectivity index is 1.55. The molecule has 0 saturated carbocycles. The number of rotatable bonds is 4. The van der Waals surface area contributed by atoms with Crippen LogP contribution < -0.4 is 5.69 Å². The second-order valence-electron chi connectivity index (χ2n) is 6.12. The highest BCUT2D eigenvalue weighted by Crippen LogP contribution is 2.30. The van der Waals surface area contributed by atoms with E-state index < -0.39 is 16.2 Å². The van der Waals surface area contributed by atoms with Crippen molar-refractivity contribution in [3.8, 4) is 0 Å². The number of benzene rings is 2. The van der Waals surface area contributed by atoms with E-state index in [-0.39, 0.29) is 11.7 Å². The van der Waals surface area contributed by atoms with Crippen LogP contribution in [0.5, 0.6) is 0 Å². The Morgan fingerprint density at radius 3 is 2.76 bits per heavy atom. The van der Waals surface area contributed by atoms with Gasteiger partial charge in [0.25, 0.3) is 0 Å². The van der Waals surface area contributed by atoms with Gasteiger partial charge in [-0.1, -0.05) is 30.3 Å². The van der Waals surface area contributed by atoms with Crippen molar-refractivity contribution in [3.05, 3.63) is 70.9 Å². The van der Waals surface area contributed by atoms with Crippen molar-refractivity contribution in [3.63, 3.8) is 0 Å². The van der Waals surface area contributed by atoms with Crippen molar-refractivity contribution in [1.82, 2.24) is 9.55 Å². The molecule has 2 aromatic carbocycles. The van der Waals surface area contributed by atoms with Crippen LogP contribution >= 0.6 is 0 Å². The number of hydrogen-bond donors (Lipinski definition) is 1. The summed E-state index contributed by atoms with van der Waals surface area (Å²) in [5.74, 6) is 0. The molecule has 6 heteroatoms. The minimum Gasteiger partial charge on any atom is -0.358 e. The molecule has 0 fully saturated rings. The maximum atomic E-state index is 12.9. The highest BCUT2D eigenvalue weighted by atomic mass is 32.2. The largest absolute Gasteiger partial charge is 0.358 e. The SMILES string of the molecule is CC(COC1C=Cc2cc3ccccc3cc2S1=O)n1cc[nH]c1=O. The van der Waals surface area contributed by atoms with Gasteiger partial charge >= 0.3 is 5.69 Å². The molecule has 1 aliphatic rings. The summed E-state index contributed by atoms with van der Waals surface area (Å²) in [4.78, 5) is 15.0. The fourth-order valence-electron chi connectivity index (χ4n) is 3.03. The Bertz CT molecular complexity index is 1030. The van der Waals surface area contributed by atoms with Crippen molar-refractivity contribution in [2.45, 2.75) is 23.3 Å². The molecule has 0 spiro atoms. The van der Waals surface area contributed by atoms with E-state index in [0.717, 1.165) is 21.2 Å². The summed E-state index contributed by atoms with van der Waals surface area (Å²) in [6.07, 6.45) is 7.07. The van der Waals surface area contributed by atoms with E-state index in [1.807, 2.05) is 49.4 Å². The third-order valence-corrected chi connectivity index (χ3v) is 5.89. The van der Waals surface area contributed by atoms with Crippen LogP contribution in [0.1, 0.15) is 18.5 Å². The normalized spacial score (nSPS) is 20.5. The third-order valence-electron chi connectivity index (χ3n) is 4.39. The van der Waals surface area contributed by atoms with Gasteiger partial charge in [-0.15, -0.1) is 0 Å². The van der Waals surface area contributed by atoms with Gasteiger partial charge in [0.1, 0.15) is 0 Å². The van der Waals surface area contributed by atoms with Crippen molar-refractivity contribution >= 4 is 27.6 Å². The molecule has 0 radical (unpaired) electrons. The van der Waals surface area contributed by atoms with E-state index >= 15 is 0 Å². The van der Waals surface area contributed by atoms with Crippen LogP contribution in [0.3, 0.4) is 0 Å². The number of ether oxygens (including phenoxy) is 1. The summed E-state index contributed by atoms with van der Waals surface area (Å²) in [6.45, 7) is 2.20. The van der Waals surface area contributed by atoms with Crippen LogP contribution in [0.25, 0.3) is 16.8 Å². The van der Waals surface area contributed by atoms with Gasteiger partial charge in [0.15, 0.2) is 5.44 Å². The zero-order chi connectivity index (χ0) is 17.4. The fraction of sp³-hybridized carbons (Fsp3) is 0.211. The Kier molecular flexibility index (Phi) is 4.15. The van der Waals surface area contributed by atoms with Gasteiger partial charge < -0.3 is 9.72 Å². The van der Waals surface area contributed by atoms with Gasteiger partial charge in [-0.25, -0.2) is 4.79 Å². The maximum Gasteiger partial charge on any atom is 0.325 e. The van der Waals surface area contributed by atoms with Crippen LogP contribution in [0.4, 0.5) is 0 Å². The molecule has 5 nitrogen and oxygen atoms in total. The molecule has 0 aliphatic carbocycles. The van der Waals surface area contributed by atoms with Gasteiger partial charge in [0.05, 0.1) is 23.4 Å². The first kappa shape index (κ1) is 16.1. The zero-order valence-corrected chi connectivity index (χ0v) is 14.5. The first-order valence-electron chi connectivity index (χ1n) is 8.12. The van der Waals surface area contributed by atoms with Crippen LogP contribution in [0.2, 0.25) is 0 Å². The fourth-order valence-corrected chi connectivity index (χ4v) is 4.31. The lowest BCUT2D eigenvalue weighted by molar-refractivity contribution is 0.108. The average molecular weight is 354 g/mol. The second kappa shape index (κ2) is 6.46. The molecule has 0 amide bonds. The molecule has 1 N–H and O–H groups in total. The zero-order valence-electron chi connectivity index (χ0n) is 13.7. The van der Waals surface area contributed by atoms with Gasteiger partial charge in [-0.2, -0.15) is 0 Å². The monoisotopic (exact) mass is 354 g/mol. The maximum absolute atomic E-state index is 12.9. The highest BCUT2D eigenvalue weighted by molar-refractivity contribution is 7.85. The van der Waals surface area contributed by atoms with E-state index in [9.17, 15) is 9.00 Å². The summed E-state index contributed by atoms with van der Waals surface area (Å²) in [7, 11) is -1.28. The van der Waals surface area contributed by atoms with Gasteiger partial charge in [-0.3, -0.25) is 8.78 Å². The molecule has 2 heterocycles.